The van der Waals surface area contributed by atoms with E-state index < -0.39 is 0 Å². The molecule has 0 aromatic heterocycles. The zero-order chi connectivity index (χ0) is 16.8. The molecule has 126 valence electrons. The Morgan fingerprint density at radius 1 is 1.26 bits per heavy atom. The third-order valence-electron chi connectivity index (χ3n) is 6.37. The van der Waals surface area contributed by atoms with Crippen molar-refractivity contribution in [3.63, 3.8) is 0 Å². The minimum atomic E-state index is -0.306. The van der Waals surface area contributed by atoms with E-state index in [-0.39, 0.29) is 34.9 Å². The van der Waals surface area contributed by atoms with Crippen LogP contribution in [0.2, 0.25) is 0 Å². The molecule has 0 heterocycles. The number of carbonyl (C=O) groups excluding carboxylic acids is 1. The number of hydrogen-bond acceptors (Lipinski definition) is 4. The van der Waals surface area contributed by atoms with Crippen molar-refractivity contribution in [1.29, 1.82) is 0 Å². The van der Waals surface area contributed by atoms with Crippen LogP contribution in [0, 0.1) is 24.2 Å². The molecule has 2 saturated carbocycles. The minimum absolute atomic E-state index is 0.0490. The van der Waals surface area contributed by atoms with E-state index in [9.17, 15) is 20.1 Å². The summed E-state index contributed by atoms with van der Waals surface area (Å²) in [6.45, 7) is 4.02. The first kappa shape index (κ1) is 16.3. The Labute approximate surface area is 137 Å². The molecule has 2 aliphatic rings. The number of fused-ring (bicyclic) bond motifs is 1. The Kier molecular flexibility index (Phi) is 4.13. The summed E-state index contributed by atoms with van der Waals surface area (Å²) in [7, 11) is 0. The summed E-state index contributed by atoms with van der Waals surface area (Å²) >= 11 is 0. The van der Waals surface area contributed by atoms with E-state index in [1.54, 1.807) is 6.07 Å². The maximum Gasteiger partial charge on any atom is 0.160 e. The van der Waals surface area contributed by atoms with Gasteiger partial charge >= 0.3 is 0 Å². The van der Waals surface area contributed by atoms with E-state index in [0.717, 1.165) is 30.4 Å². The number of hydrogen-bond donors (Lipinski definition) is 3. The topological polar surface area (TPSA) is 77.8 Å². The van der Waals surface area contributed by atoms with Crippen molar-refractivity contribution < 1.29 is 20.1 Å². The van der Waals surface area contributed by atoms with Crippen LogP contribution in [-0.2, 0) is 11.2 Å². The second-order valence-electron chi connectivity index (χ2n) is 7.55. The van der Waals surface area contributed by atoms with E-state index in [0.29, 0.717) is 25.0 Å². The van der Waals surface area contributed by atoms with Crippen LogP contribution in [0.25, 0.3) is 0 Å². The van der Waals surface area contributed by atoms with Crippen LogP contribution in [0.1, 0.15) is 50.2 Å². The molecule has 2 fully saturated rings. The summed E-state index contributed by atoms with van der Waals surface area (Å²) in [6.07, 6.45) is 3.94. The van der Waals surface area contributed by atoms with Gasteiger partial charge in [-0.25, -0.2) is 0 Å². The Hall–Kier alpha value is -1.55. The van der Waals surface area contributed by atoms with Crippen LogP contribution >= 0.6 is 0 Å². The first-order chi connectivity index (χ1) is 10.8. The SMILES string of the molecule is Cc1ccc(O)c(O)c1CCC1C(=O)CCC2(C)C(O)CCC12. The van der Waals surface area contributed by atoms with Gasteiger partial charge < -0.3 is 15.3 Å². The fraction of sp³-hybridized carbons (Fsp3) is 0.632. The van der Waals surface area contributed by atoms with Gasteiger partial charge in [0.15, 0.2) is 11.5 Å². The van der Waals surface area contributed by atoms with Crippen LogP contribution in [0.4, 0.5) is 0 Å². The lowest BCUT2D eigenvalue weighted by molar-refractivity contribution is -0.133. The van der Waals surface area contributed by atoms with Gasteiger partial charge in [0, 0.05) is 17.9 Å². The van der Waals surface area contributed by atoms with Crippen molar-refractivity contribution in [2.45, 2.75) is 58.5 Å². The number of benzene rings is 1. The first-order valence-electron chi connectivity index (χ1n) is 8.55. The maximum atomic E-state index is 12.5. The van der Waals surface area contributed by atoms with Crippen molar-refractivity contribution >= 4 is 5.78 Å². The fourth-order valence-electron chi connectivity index (χ4n) is 4.76. The van der Waals surface area contributed by atoms with Crippen LogP contribution in [0.15, 0.2) is 12.1 Å². The molecular weight excluding hydrogens is 292 g/mol. The summed E-state index contributed by atoms with van der Waals surface area (Å²) in [5.74, 6) is 0.300. The van der Waals surface area contributed by atoms with E-state index in [1.807, 2.05) is 6.92 Å². The number of aryl methyl sites for hydroxylation is 1. The lowest BCUT2D eigenvalue weighted by Gasteiger charge is -2.42. The van der Waals surface area contributed by atoms with Gasteiger partial charge in [0.1, 0.15) is 5.78 Å². The summed E-state index contributed by atoms with van der Waals surface area (Å²) in [6, 6.07) is 3.28. The second kappa shape index (κ2) is 5.82. The Morgan fingerprint density at radius 2 is 2.00 bits per heavy atom. The van der Waals surface area contributed by atoms with Gasteiger partial charge in [-0.15, -0.1) is 0 Å². The van der Waals surface area contributed by atoms with Gasteiger partial charge in [-0.2, -0.15) is 0 Å². The molecule has 1 aromatic carbocycles. The predicted octanol–water partition coefficient (Wildman–Crippen LogP) is 3.10. The van der Waals surface area contributed by atoms with Crippen LogP contribution in [0.5, 0.6) is 11.5 Å². The second-order valence-corrected chi connectivity index (χ2v) is 7.55. The lowest BCUT2D eigenvalue weighted by Crippen LogP contribution is -2.43. The molecule has 2 aliphatic carbocycles. The molecule has 0 aliphatic heterocycles. The van der Waals surface area contributed by atoms with Crippen molar-refractivity contribution in [2.75, 3.05) is 0 Å². The minimum Gasteiger partial charge on any atom is -0.504 e. The van der Waals surface area contributed by atoms with E-state index in [1.165, 1.54) is 6.07 Å². The number of phenols is 2. The summed E-state index contributed by atoms with van der Waals surface area (Å²) in [5, 5.41) is 30.1. The number of aliphatic hydroxyl groups excluding tert-OH is 1. The number of aromatic hydroxyl groups is 2. The number of Topliss-reactive ketones (excluding diaryl/α,β-unsaturated/α-hetero) is 1. The number of aliphatic hydroxyl groups is 1. The quantitative estimate of drug-likeness (QED) is 0.748. The third-order valence-corrected chi connectivity index (χ3v) is 6.37. The van der Waals surface area contributed by atoms with E-state index in [4.69, 9.17) is 0 Å². The molecule has 4 heteroatoms. The largest absolute Gasteiger partial charge is 0.504 e. The summed E-state index contributed by atoms with van der Waals surface area (Å²) < 4.78 is 0. The Bertz CT molecular complexity index is 624. The molecule has 3 rings (SSSR count). The molecule has 0 radical (unpaired) electrons. The zero-order valence-electron chi connectivity index (χ0n) is 13.9. The fourth-order valence-corrected chi connectivity index (χ4v) is 4.76. The van der Waals surface area contributed by atoms with Crippen LogP contribution in [-0.4, -0.2) is 27.2 Å². The highest BCUT2D eigenvalue weighted by Crippen LogP contribution is 2.54. The monoisotopic (exact) mass is 318 g/mol. The van der Waals surface area contributed by atoms with Crippen molar-refractivity contribution in [3.8, 4) is 11.5 Å². The van der Waals surface area contributed by atoms with E-state index in [2.05, 4.69) is 6.92 Å². The van der Waals surface area contributed by atoms with Gasteiger partial charge in [-0.3, -0.25) is 4.79 Å². The van der Waals surface area contributed by atoms with Crippen molar-refractivity contribution in [3.05, 3.63) is 23.3 Å². The highest BCUT2D eigenvalue weighted by molar-refractivity contribution is 5.82. The van der Waals surface area contributed by atoms with E-state index >= 15 is 0 Å². The number of ketones is 1. The molecular formula is C19H26O4. The Balaban J connectivity index is 1.80. The van der Waals surface area contributed by atoms with Crippen LogP contribution in [0.3, 0.4) is 0 Å². The summed E-state index contributed by atoms with van der Waals surface area (Å²) in [4.78, 5) is 12.5. The van der Waals surface area contributed by atoms with Gasteiger partial charge in [-0.1, -0.05) is 13.0 Å². The van der Waals surface area contributed by atoms with Crippen molar-refractivity contribution in [1.82, 2.24) is 0 Å². The summed E-state index contributed by atoms with van der Waals surface area (Å²) in [5.41, 5.74) is 1.51. The molecule has 23 heavy (non-hydrogen) atoms. The average Bonchev–Trinajstić information content (AvgIpc) is 2.82. The normalized spacial score (nSPS) is 33.7. The molecule has 4 atom stereocenters. The molecule has 0 saturated heterocycles. The molecule has 4 unspecified atom stereocenters. The molecule has 0 bridgehead atoms. The Morgan fingerprint density at radius 3 is 2.74 bits per heavy atom. The number of carbonyl (C=O) groups is 1. The van der Waals surface area contributed by atoms with Gasteiger partial charge in [0.25, 0.3) is 0 Å². The zero-order valence-corrected chi connectivity index (χ0v) is 13.9. The van der Waals surface area contributed by atoms with Gasteiger partial charge in [0.2, 0.25) is 0 Å². The molecule has 3 N–H and O–H groups in total. The van der Waals surface area contributed by atoms with Crippen molar-refractivity contribution in [2.24, 2.45) is 17.3 Å². The number of rotatable bonds is 3. The average molecular weight is 318 g/mol. The molecule has 4 nitrogen and oxygen atoms in total. The smallest absolute Gasteiger partial charge is 0.160 e. The highest BCUT2D eigenvalue weighted by atomic mass is 16.3. The number of phenolic OH excluding ortho intramolecular Hbond substituents is 2. The maximum absolute atomic E-state index is 12.5. The third kappa shape index (κ3) is 2.63. The van der Waals surface area contributed by atoms with Gasteiger partial charge in [0.05, 0.1) is 6.10 Å². The molecule has 0 spiro atoms. The highest BCUT2D eigenvalue weighted by Gasteiger charge is 2.53. The first-order valence-corrected chi connectivity index (χ1v) is 8.55. The van der Waals surface area contributed by atoms with Gasteiger partial charge in [-0.05, 0) is 62.0 Å². The molecule has 1 aromatic rings. The standard InChI is InChI=1S/C19H26O4/c1-11-3-7-16(21)18(23)12(11)4-5-13-14-6-8-17(22)19(14,2)10-9-15(13)20/h3,7,13-14,17,21-23H,4-6,8-10H2,1-2H3. The molecule has 0 amide bonds. The lowest BCUT2D eigenvalue weighted by atomic mass is 9.62. The van der Waals surface area contributed by atoms with Crippen LogP contribution < -0.4 is 0 Å². The predicted molar refractivity (Wildman–Crippen MR) is 87.4 cm³/mol.